The molecule has 31 heavy (non-hydrogen) atoms. The number of amides is 1. The standard InChI is InChI=1S/C20H19ClN4O5S/c1-9-7-12(19(28)30-4)15-16(22-9)24-20(25-18(15)27)31-10(2)17(26)23-11-5-6-14(29-3)13(21)8-11/h5-8,10H,1-4H3,(H,23,26)(H,22,24,25,27). The minimum Gasteiger partial charge on any atom is -0.495 e. The first-order valence-corrected chi connectivity index (χ1v) is 10.3. The van der Waals surface area contributed by atoms with Crippen LogP contribution >= 0.6 is 23.4 Å². The highest BCUT2D eigenvalue weighted by molar-refractivity contribution is 8.00. The molecule has 162 valence electrons. The number of aromatic nitrogens is 3. The van der Waals surface area contributed by atoms with Gasteiger partial charge in [0.2, 0.25) is 5.91 Å². The highest BCUT2D eigenvalue weighted by atomic mass is 35.5. The van der Waals surface area contributed by atoms with Gasteiger partial charge >= 0.3 is 5.97 Å². The first-order chi connectivity index (χ1) is 14.7. The molecule has 9 nitrogen and oxygen atoms in total. The van der Waals surface area contributed by atoms with Crippen LogP contribution in [0, 0.1) is 6.92 Å². The number of benzene rings is 1. The molecule has 11 heteroatoms. The van der Waals surface area contributed by atoms with Crippen LogP contribution in [-0.4, -0.2) is 46.3 Å². The zero-order chi connectivity index (χ0) is 22.7. The predicted molar refractivity (Wildman–Crippen MR) is 118 cm³/mol. The van der Waals surface area contributed by atoms with E-state index in [-0.39, 0.29) is 27.7 Å². The number of esters is 1. The third kappa shape index (κ3) is 4.97. The van der Waals surface area contributed by atoms with E-state index in [1.165, 1.54) is 20.3 Å². The number of H-pyrrole nitrogens is 1. The van der Waals surface area contributed by atoms with Crippen LogP contribution in [0.25, 0.3) is 11.0 Å². The summed E-state index contributed by atoms with van der Waals surface area (Å²) in [7, 11) is 2.73. The largest absolute Gasteiger partial charge is 0.495 e. The van der Waals surface area contributed by atoms with Crippen LogP contribution in [0.2, 0.25) is 5.02 Å². The van der Waals surface area contributed by atoms with E-state index < -0.39 is 16.8 Å². The van der Waals surface area contributed by atoms with Crippen LogP contribution in [0.15, 0.2) is 34.2 Å². The summed E-state index contributed by atoms with van der Waals surface area (Å²) in [5.41, 5.74) is 0.640. The van der Waals surface area contributed by atoms with Crippen LogP contribution in [0.5, 0.6) is 5.75 Å². The molecule has 3 rings (SSSR count). The fraction of sp³-hybridized carbons (Fsp3) is 0.250. The summed E-state index contributed by atoms with van der Waals surface area (Å²) in [5, 5.41) is 2.74. The Morgan fingerprint density at radius 3 is 2.61 bits per heavy atom. The van der Waals surface area contributed by atoms with Crippen LogP contribution < -0.4 is 15.6 Å². The maximum atomic E-state index is 12.6. The molecule has 0 fully saturated rings. The van der Waals surface area contributed by atoms with Crippen molar-refractivity contribution in [2.75, 3.05) is 19.5 Å². The molecule has 3 aromatic rings. The summed E-state index contributed by atoms with van der Waals surface area (Å²) in [5.74, 6) is -0.482. The Morgan fingerprint density at radius 2 is 1.97 bits per heavy atom. The van der Waals surface area contributed by atoms with Gasteiger partial charge in [-0.25, -0.2) is 14.8 Å². The van der Waals surface area contributed by atoms with Gasteiger partial charge in [0.1, 0.15) is 5.75 Å². The molecule has 0 spiro atoms. The van der Waals surface area contributed by atoms with Crippen molar-refractivity contribution < 1.29 is 19.1 Å². The molecular formula is C20H19ClN4O5S. The molecule has 1 atom stereocenters. The summed E-state index contributed by atoms with van der Waals surface area (Å²) in [6.45, 7) is 3.34. The smallest absolute Gasteiger partial charge is 0.338 e. The topological polar surface area (TPSA) is 123 Å². The lowest BCUT2D eigenvalue weighted by Gasteiger charge is -2.13. The summed E-state index contributed by atoms with van der Waals surface area (Å²) < 4.78 is 9.83. The van der Waals surface area contributed by atoms with Crippen molar-refractivity contribution in [1.82, 2.24) is 15.0 Å². The summed E-state index contributed by atoms with van der Waals surface area (Å²) in [6.07, 6.45) is 0. The zero-order valence-electron chi connectivity index (χ0n) is 17.1. The summed E-state index contributed by atoms with van der Waals surface area (Å²) >= 11 is 7.13. The third-order valence-electron chi connectivity index (χ3n) is 4.27. The van der Waals surface area contributed by atoms with Gasteiger partial charge in [0.15, 0.2) is 10.8 Å². The molecule has 0 saturated carbocycles. The summed E-state index contributed by atoms with van der Waals surface area (Å²) in [4.78, 5) is 48.3. The number of aryl methyl sites for hydroxylation is 1. The van der Waals surface area contributed by atoms with Crippen molar-refractivity contribution in [3.63, 3.8) is 0 Å². The Balaban J connectivity index is 1.84. The van der Waals surface area contributed by atoms with Gasteiger partial charge in [-0.15, -0.1) is 0 Å². The lowest BCUT2D eigenvalue weighted by atomic mass is 10.1. The average molecular weight is 463 g/mol. The fourth-order valence-corrected chi connectivity index (χ4v) is 3.83. The van der Waals surface area contributed by atoms with Crippen LogP contribution in [0.1, 0.15) is 23.0 Å². The zero-order valence-corrected chi connectivity index (χ0v) is 18.7. The van der Waals surface area contributed by atoms with Gasteiger partial charge in [0, 0.05) is 11.4 Å². The molecular weight excluding hydrogens is 444 g/mol. The number of fused-ring (bicyclic) bond motifs is 1. The second-order valence-electron chi connectivity index (χ2n) is 6.47. The predicted octanol–water partition coefficient (Wildman–Crippen LogP) is 3.19. The third-order valence-corrected chi connectivity index (χ3v) is 5.55. The number of methoxy groups -OCH3 is 2. The van der Waals surface area contributed by atoms with Crippen molar-refractivity contribution in [2.45, 2.75) is 24.3 Å². The Hall–Kier alpha value is -3.11. The van der Waals surface area contributed by atoms with Crippen LogP contribution in [0.3, 0.4) is 0 Å². The molecule has 2 heterocycles. The number of thioether (sulfide) groups is 1. The highest BCUT2D eigenvalue weighted by Crippen LogP contribution is 2.28. The van der Waals surface area contributed by atoms with Gasteiger partial charge in [-0.05, 0) is 38.1 Å². The van der Waals surface area contributed by atoms with Crippen molar-refractivity contribution in [3.05, 3.63) is 50.9 Å². The Labute approximate surface area is 186 Å². The van der Waals surface area contributed by atoms with E-state index >= 15 is 0 Å². The lowest BCUT2D eigenvalue weighted by molar-refractivity contribution is -0.115. The Morgan fingerprint density at radius 1 is 1.23 bits per heavy atom. The minimum absolute atomic E-state index is 0.0341. The van der Waals surface area contributed by atoms with E-state index in [0.717, 1.165) is 11.8 Å². The molecule has 0 aliphatic rings. The molecule has 0 radical (unpaired) electrons. The monoisotopic (exact) mass is 462 g/mol. The van der Waals surface area contributed by atoms with Gasteiger partial charge in [-0.3, -0.25) is 9.59 Å². The van der Waals surface area contributed by atoms with E-state index in [4.69, 9.17) is 21.1 Å². The normalized spacial score (nSPS) is 11.8. The number of nitrogens with one attached hydrogen (secondary N) is 2. The number of carbonyl (C=O) groups excluding carboxylic acids is 2. The maximum Gasteiger partial charge on any atom is 0.338 e. The number of pyridine rings is 1. The number of carbonyl (C=O) groups is 2. The fourth-order valence-electron chi connectivity index (χ4n) is 2.78. The number of aromatic amines is 1. The molecule has 1 amide bonds. The van der Waals surface area contributed by atoms with Crippen molar-refractivity contribution in [3.8, 4) is 5.75 Å². The Bertz CT molecular complexity index is 1230. The second kappa shape index (κ2) is 9.36. The first kappa shape index (κ1) is 22.6. The van der Waals surface area contributed by atoms with Gasteiger partial charge in [-0.1, -0.05) is 23.4 Å². The van der Waals surface area contributed by atoms with Crippen LogP contribution in [-0.2, 0) is 9.53 Å². The van der Waals surface area contributed by atoms with Crippen molar-refractivity contribution in [2.24, 2.45) is 0 Å². The minimum atomic E-state index is -0.658. The number of ether oxygens (including phenoxy) is 2. The van der Waals surface area contributed by atoms with Gasteiger partial charge < -0.3 is 19.8 Å². The number of hydrogen-bond donors (Lipinski definition) is 2. The van der Waals surface area contributed by atoms with E-state index in [9.17, 15) is 14.4 Å². The van der Waals surface area contributed by atoms with E-state index in [1.54, 1.807) is 32.0 Å². The van der Waals surface area contributed by atoms with Gasteiger partial charge in [-0.2, -0.15) is 0 Å². The first-order valence-electron chi connectivity index (χ1n) is 9.04. The van der Waals surface area contributed by atoms with E-state index in [1.807, 2.05) is 0 Å². The number of anilines is 1. The molecule has 0 saturated heterocycles. The average Bonchev–Trinajstić information content (AvgIpc) is 2.72. The number of rotatable bonds is 6. The molecule has 2 aromatic heterocycles. The highest BCUT2D eigenvalue weighted by Gasteiger charge is 2.20. The lowest BCUT2D eigenvalue weighted by Crippen LogP contribution is -2.23. The van der Waals surface area contributed by atoms with Gasteiger partial charge in [0.05, 0.1) is 35.4 Å². The SMILES string of the molecule is COC(=O)c1cc(C)nc2nc(SC(C)C(=O)Nc3ccc(OC)c(Cl)c3)[nH]c(=O)c12. The molecule has 2 N–H and O–H groups in total. The number of nitrogens with zero attached hydrogens (tertiary/aromatic N) is 2. The molecule has 0 aliphatic heterocycles. The quantitative estimate of drug-likeness (QED) is 0.325. The van der Waals surface area contributed by atoms with Crippen molar-refractivity contribution in [1.29, 1.82) is 0 Å². The molecule has 1 aromatic carbocycles. The summed E-state index contributed by atoms with van der Waals surface area (Å²) in [6, 6.07) is 6.35. The number of hydrogen-bond acceptors (Lipinski definition) is 8. The van der Waals surface area contributed by atoms with Crippen molar-refractivity contribution >= 4 is 52.0 Å². The molecule has 1 unspecified atom stereocenters. The maximum absolute atomic E-state index is 12.6. The molecule has 0 aliphatic carbocycles. The number of halogens is 1. The molecule has 0 bridgehead atoms. The van der Waals surface area contributed by atoms with Gasteiger partial charge in [0.25, 0.3) is 5.56 Å². The van der Waals surface area contributed by atoms with E-state index in [0.29, 0.717) is 22.2 Å². The van der Waals surface area contributed by atoms with Crippen LogP contribution in [0.4, 0.5) is 5.69 Å². The van der Waals surface area contributed by atoms with E-state index in [2.05, 4.69) is 20.3 Å². The second-order valence-corrected chi connectivity index (χ2v) is 8.21. The Kier molecular flexibility index (Phi) is 6.81.